The van der Waals surface area contributed by atoms with E-state index in [1.807, 2.05) is 7.05 Å². The molecule has 3 N–H and O–H groups in total. The van der Waals surface area contributed by atoms with E-state index in [1.165, 1.54) is 0 Å². The summed E-state index contributed by atoms with van der Waals surface area (Å²) in [6.45, 7) is 0.594. The minimum absolute atomic E-state index is 0.485. The maximum atomic E-state index is 5.93. The zero-order chi connectivity index (χ0) is 10.6. The Morgan fingerprint density at radius 3 is 2.43 bits per heavy atom. The van der Waals surface area contributed by atoms with E-state index in [0.717, 1.165) is 0 Å². The fourth-order valence-corrected chi connectivity index (χ4v) is 1.53. The van der Waals surface area contributed by atoms with E-state index in [2.05, 4.69) is 17.2 Å². The van der Waals surface area contributed by atoms with Crippen LogP contribution < -0.4 is 11.1 Å². The van der Waals surface area contributed by atoms with Crippen LogP contribution in [0.25, 0.3) is 0 Å². The number of nitrogens with two attached hydrogens (primary N) is 1. The van der Waals surface area contributed by atoms with E-state index < -0.39 is 0 Å². The Balaban J connectivity index is 3.04. The van der Waals surface area contributed by atoms with E-state index >= 15 is 0 Å². The molecule has 0 aliphatic carbocycles. The molecule has 4 heteroatoms. The number of nitrogens with one attached hydrogen (secondary N) is 1. The Kier molecular flexibility index (Phi) is 4.09. The molecule has 1 rings (SSSR count). The Hall–Kier alpha value is -0.880. The van der Waals surface area contributed by atoms with Gasteiger partial charge in [-0.25, -0.2) is 0 Å². The maximum absolute atomic E-state index is 5.93. The van der Waals surface area contributed by atoms with Crippen molar-refractivity contribution in [3.8, 4) is 11.8 Å². The molecular weight excluding hydrogens is 219 g/mol. The highest BCUT2D eigenvalue weighted by Gasteiger charge is 2.03. The van der Waals surface area contributed by atoms with Crippen LogP contribution in [0.4, 0.5) is 5.69 Å². The van der Waals surface area contributed by atoms with Crippen molar-refractivity contribution in [2.24, 2.45) is 0 Å². The maximum Gasteiger partial charge on any atom is 0.0620 e. The monoisotopic (exact) mass is 228 g/mol. The first-order chi connectivity index (χ1) is 6.65. The molecule has 0 heterocycles. The highest BCUT2D eigenvalue weighted by molar-refractivity contribution is 6.37. The Bertz CT molecular complexity index is 368. The van der Waals surface area contributed by atoms with Gasteiger partial charge in [0.05, 0.1) is 22.2 Å². The van der Waals surface area contributed by atoms with Crippen LogP contribution in [-0.2, 0) is 0 Å². The summed E-state index contributed by atoms with van der Waals surface area (Å²) in [5.41, 5.74) is 6.72. The first-order valence-corrected chi connectivity index (χ1v) is 4.78. The van der Waals surface area contributed by atoms with Crippen LogP contribution in [0.2, 0.25) is 10.0 Å². The smallest absolute Gasteiger partial charge is 0.0620 e. The number of anilines is 1. The van der Waals surface area contributed by atoms with Gasteiger partial charge in [-0.05, 0) is 19.2 Å². The van der Waals surface area contributed by atoms with Crippen LogP contribution in [0.5, 0.6) is 0 Å². The quantitative estimate of drug-likeness (QED) is 0.572. The molecule has 0 fully saturated rings. The van der Waals surface area contributed by atoms with Crippen molar-refractivity contribution in [2.45, 2.75) is 0 Å². The zero-order valence-electron chi connectivity index (χ0n) is 7.70. The van der Waals surface area contributed by atoms with Gasteiger partial charge in [-0.1, -0.05) is 35.0 Å². The van der Waals surface area contributed by atoms with Crippen LogP contribution in [-0.4, -0.2) is 13.6 Å². The van der Waals surface area contributed by atoms with Crippen molar-refractivity contribution < 1.29 is 0 Å². The van der Waals surface area contributed by atoms with E-state index in [-0.39, 0.29) is 0 Å². The Labute approximate surface area is 93.4 Å². The summed E-state index contributed by atoms with van der Waals surface area (Å²) in [7, 11) is 1.82. The van der Waals surface area contributed by atoms with Gasteiger partial charge >= 0.3 is 0 Å². The van der Waals surface area contributed by atoms with Crippen LogP contribution >= 0.6 is 23.2 Å². The zero-order valence-corrected chi connectivity index (χ0v) is 9.21. The first-order valence-electron chi connectivity index (χ1n) is 4.03. The van der Waals surface area contributed by atoms with E-state index in [4.69, 9.17) is 28.9 Å². The largest absolute Gasteiger partial charge is 0.399 e. The highest BCUT2D eigenvalue weighted by atomic mass is 35.5. The molecule has 0 saturated carbocycles. The van der Waals surface area contributed by atoms with Gasteiger partial charge in [0.1, 0.15) is 0 Å². The predicted octanol–water partition coefficient (Wildman–Crippen LogP) is 2.15. The lowest BCUT2D eigenvalue weighted by Crippen LogP contribution is -2.04. The van der Waals surface area contributed by atoms with Crippen molar-refractivity contribution >= 4 is 28.9 Å². The molecular formula is C10H10Cl2N2. The van der Waals surface area contributed by atoms with Crippen LogP contribution in [0.1, 0.15) is 5.56 Å². The van der Waals surface area contributed by atoms with Crippen molar-refractivity contribution in [3.05, 3.63) is 27.7 Å². The molecule has 74 valence electrons. The summed E-state index contributed by atoms with van der Waals surface area (Å²) < 4.78 is 0. The Morgan fingerprint density at radius 2 is 1.93 bits per heavy atom. The van der Waals surface area contributed by atoms with Crippen LogP contribution in [0.3, 0.4) is 0 Å². The summed E-state index contributed by atoms with van der Waals surface area (Å²) in [5.74, 6) is 5.76. The van der Waals surface area contributed by atoms with Gasteiger partial charge < -0.3 is 11.1 Å². The molecule has 0 atom stereocenters. The van der Waals surface area contributed by atoms with Gasteiger partial charge in [-0.15, -0.1) is 0 Å². The standard InChI is InChI=1S/C10H10Cl2N2/c1-14-4-2-3-8-9(11)5-7(13)6-10(8)12/h5-6,14H,4,13H2,1H3. The fraction of sp³-hybridized carbons (Fsp3) is 0.200. The molecule has 0 unspecified atom stereocenters. The molecule has 2 nitrogen and oxygen atoms in total. The average molecular weight is 229 g/mol. The van der Waals surface area contributed by atoms with E-state index in [0.29, 0.717) is 27.8 Å². The lowest BCUT2D eigenvalue weighted by molar-refractivity contribution is 0.938. The SMILES string of the molecule is CNCC#Cc1c(Cl)cc(N)cc1Cl. The molecule has 0 aliphatic heterocycles. The molecule has 0 radical (unpaired) electrons. The van der Waals surface area contributed by atoms with Gasteiger partial charge in [0.25, 0.3) is 0 Å². The normalized spacial score (nSPS) is 9.36. The van der Waals surface area contributed by atoms with Gasteiger partial charge in [0.15, 0.2) is 0 Å². The van der Waals surface area contributed by atoms with Crippen molar-refractivity contribution in [1.82, 2.24) is 5.32 Å². The second-order valence-electron chi connectivity index (χ2n) is 2.69. The topological polar surface area (TPSA) is 38.0 Å². The number of nitrogen functional groups attached to an aromatic ring is 1. The number of hydrogen-bond donors (Lipinski definition) is 2. The van der Waals surface area contributed by atoms with Gasteiger partial charge in [-0.2, -0.15) is 0 Å². The molecule has 14 heavy (non-hydrogen) atoms. The van der Waals surface area contributed by atoms with E-state index in [9.17, 15) is 0 Å². The lowest BCUT2D eigenvalue weighted by Gasteiger charge is -2.01. The fourth-order valence-electron chi connectivity index (χ4n) is 0.933. The molecule has 1 aromatic carbocycles. The molecule has 0 aliphatic rings. The second-order valence-corrected chi connectivity index (χ2v) is 3.51. The minimum Gasteiger partial charge on any atom is -0.399 e. The van der Waals surface area contributed by atoms with Crippen molar-refractivity contribution in [1.29, 1.82) is 0 Å². The highest BCUT2D eigenvalue weighted by Crippen LogP contribution is 2.26. The van der Waals surface area contributed by atoms with E-state index in [1.54, 1.807) is 12.1 Å². The number of halogens is 2. The summed E-state index contributed by atoms with van der Waals surface area (Å²) >= 11 is 11.9. The molecule has 0 amide bonds. The van der Waals surface area contributed by atoms with Gasteiger partial charge in [-0.3, -0.25) is 0 Å². The molecule has 0 saturated heterocycles. The molecule has 1 aromatic rings. The number of hydrogen-bond acceptors (Lipinski definition) is 2. The van der Waals surface area contributed by atoms with Crippen molar-refractivity contribution in [2.75, 3.05) is 19.3 Å². The summed E-state index contributed by atoms with van der Waals surface area (Å²) in [6.07, 6.45) is 0. The summed E-state index contributed by atoms with van der Waals surface area (Å²) in [6, 6.07) is 3.27. The van der Waals surface area contributed by atoms with Crippen LogP contribution in [0.15, 0.2) is 12.1 Å². The van der Waals surface area contributed by atoms with Gasteiger partial charge in [0, 0.05) is 5.69 Å². The minimum atomic E-state index is 0.485. The number of rotatable bonds is 1. The second kappa shape index (κ2) is 5.11. The summed E-state index contributed by atoms with van der Waals surface area (Å²) in [5, 5.41) is 3.87. The van der Waals surface area contributed by atoms with Gasteiger partial charge in [0.2, 0.25) is 0 Å². The predicted molar refractivity (Wildman–Crippen MR) is 61.7 cm³/mol. The first kappa shape index (κ1) is 11.2. The average Bonchev–Trinajstić information content (AvgIpc) is 2.09. The third-order valence-corrected chi connectivity index (χ3v) is 2.14. The summed E-state index contributed by atoms with van der Waals surface area (Å²) in [4.78, 5) is 0. The lowest BCUT2D eigenvalue weighted by atomic mass is 10.2. The van der Waals surface area contributed by atoms with Crippen LogP contribution in [0, 0.1) is 11.8 Å². The Morgan fingerprint density at radius 1 is 1.36 bits per heavy atom. The van der Waals surface area contributed by atoms with Crippen molar-refractivity contribution in [3.63, 3.8) is 0 Å². The number of benzene rings is 1. The third kappa shape index (κ3) is 2.81. The third-order valence-electron chi connectivity index (χ3n) is 1.54. The molecule has 0 aromatic heterocycles. The molecule has 0 bridgehead atoms. The molecule has 0 spiro atoms.